The Bertz CT molecular complexity index is 1150. The molecule has 0 radical (unpaired) electrons. The van der Waals surface area contributed by atoms with Crippen molar-refractivity contribution in [2.75, 3.05) is 11.4 Å². The van der Waals surface area contributed by atoms with E-state index >= 15 is 0 Å². The number of amides is 1. The Balaban J connectivity index is 1.54. The van der Waals surface area contributed by atoms with Crippen LogP contribution in [-0.4, -0.2) is 27.0 Å². The van der Waals surface area contributed by atoms with Crippen LogP contribution in [0.1, 0.15) is 13.3 Å². The molecule has 0 saturated carbocycles. The van der Waals surface area contributed by atoms with Crippen molar-refractivity contribution in [1.82, 2.24) is 14.5 Å². The third-order valence-electron chi connectivity index (χ3n) is 4.43. The highest BCUT2D eigenvalue weighted by Crippen LogP contribution is 2.28. The normalized spacial score (nSPS) is 11.1. The van der Waals surface area contributed by atoms with E-state index in [9.17, 15) is 9.59 Å². The van der Waals surface area contributed by atoms with Crippen molar-refractivity contribution in [2.24, 2.45) is 0 Å². The number of rotatable bonds is 5. The number of para-hydroxylation sites is 2. The highest BCUT2D eigenvalue weighted by atomic mass is 32.1. The standard InChI is InChI=1S/C20H18N4O2S/c1-2-24(20-22-16-9-5-6-10-17(16)27-20)18(25)11-12-23-13-21-15-8-4-3-7-14(15)19(23)26/h3-10,13H,2,11-12H2,1H3. The molecule has 2 aromatic carbocycles. The van der Waals surface area contributed by atoms with Crippen molar-refractivity contribution in [2.45, 2.75) is 19.9 Å². The van der Waals surface area contributed by atoms with E-state index in [1.54, 1.807) is 17.0 Å². The van der Waals surface area contributed by atoms with Crippen LogP contribution in [0.25, 0.3) is 21.1 Å². The average Bonchev–Trinajstić information content (AvgIpc) is 3.12. The van der Waals surface area contributed by atoms with Crippen LogP contribution >= 0.6 is 11.3 Å². The molecule has 6 nitrogen and oxygen atoms in total. The van der Waals surface area contributed by atoms with Crippen molar-refractivity contribution in [3.8, 4) is 0 Å². The summed E-state index contributed by atoms with van der Waals surface area (Å²) in [5, 5.41) is 1.25. The van der Waals surface area contributed by atoms with Crippen molar-refractivity contribution >= 4 is 43.5 Å². The van der Waals surface area contributed by atoms with Crippen molar-refractivity contribution in [1.29, 1.82) is 0 Å². The molecule has 0 saturated heterocycles. The molecule has 136 valence electrons. The Morgan fingerprint density at radius 3 is 2.63 bits per heavy atom. The van der Waals surface area contributed by atoms with Gasteiger partial charge in [0.2, 0.25) is 5.91 Å². The minimum absolute atomic E-state index is 0.0587. The quantitative estimate of drug-likeness (QED) is 0.533. The number of benzene rings is 2. The summed E-state index contributed by atoms with van der Waals surface area (Å²) in [6.45, 7) is 2.74. The zero-order valence-corrected chi connectivity index (χ0v) is 15.6. The molecule has 0 aliphatic rings. The predicted molar refractivity (Wildman–Crippen MR) is 108 cm³/mol. The number of fused-ring (bicyclic) bond motifs is 2. The number of nitrogens with zero attached hydrogens (tertiary/aromatic N) is 4. The number of thiazole rings is 1. The molecular formula is C20H18N4O2S. The molecule has 4 rings (SSSR count). The second kappa shape index (κ2) is 7.28. The number of anilines is 1. The van der Waals surface area contributed by atoms with Gasteiger partial charge >= 0.3 is 0 Å². The average molecular weight is 378 g/mol. The lowest BCUT2D eigenvalue weighted by molar-refractivity contribution is -0.118. The SMILES string of the molecule is CCN(C(=O)CCn1cnc2ccccc2c1=O)c1nc2ccccc2s1. The number of carbonyl (C=O) groups is 1. The maximum Gasteiger partial charge on any atom is 0.261 e. The first-order chi connectivity index (χ1) is 13.2. The lowest BCUT2D eigenvalue weighted by Gasteiger charge is -2.17. The zero-order valence-electron chi connectivity index (χ0n) is 14.8. The molecule has 27 heavy (non-hydrogen) atoms. The summed E-state index contributed by atoms with van der Waals surface area (Å²) in [6.07, 6.45) is 1.72. The Labute approximate surface area is 159 Å². The van der Waals surface area contributed by atoms with Gasteiger partial charge in [0.1, 0.15) is 0 Å². The monoisotopic (exact) mass is 378 g/mol. The van der Waals surface area contributed by atoms with Crippen molar-refractivity contribution in [3.05, 3.63) is 65.2 Å². The molecule has 0 unspecified atom stereocenters. The summed E-state index contributed by atoms with van der Waals surface area (Å²) < 4.78 is 2.54. The van der Waals surface area contributed by atoms with Gasteiger partial charge in [-0.1, -0.05) is 35.6 Å². The van der Waals surface area contributed by atoms with E-state index in [1.807, 2.05) is 43.3 Å². The first kappa shape index (κ1) is 17.4. The number of carbonyl (C=O) groups excluding carboxylic acids is 1. The Morgan fingerprint density at radius 2 is 1.85 bits per heavy atom. The highest BCUT2D eigenvalue weighted by Gasteiger charge is 2.18. The molecular weight excluding hydrogens is 360 g/mol. The second-order valence-electron chi connectivity index (χ2n) is 6.11. The van der Waals surface area contributed by atoms with Crippen LogP contribution in [0.2, 0.25) is 0 Å². The van der Waals surface area contributed by atoms with E-state index in [0.29, 0.717) is 22.6 Å². The third kappa shape index (κ3) is 3.33. The maximum absolute atomic E-state index is 12.8. The van der Waals surface area contributed by atoms with Gasteiger partial charge in [0.05, 0.1) is 27.4 Å². The van der Waals surface area contributed by atoms with E-state index in [4.69, 9.17) is 0 Å². The van der Waals surface area contributed by atoms with E-state index in [1.165, 1.54) is 22.2 Å². The largest absolute Gasteiger partial charge is 0.298 e. The maximum atomic E-state index is 12.8. The van der Waals surface area contributed by atoms with Crippen LogP contribution in [0.3, 0.4) is 0 Å². The topological polar surface area (TPSA) is 68.1 Å². The van der Waals surface area contributed by atoms with Crippen molar-refractivity contribution < 1.29 is 4.79 Å². The van der Waals surface area contributed by atoms with Crippen LogP contribution in [0.15, 0.2) is 59.7 Å². The molecule has 0 aliphatic heterocycles. The molecule has 0 atom stereocenters. The zero-order chi connectivity index (χ0) is 18.8. The molecule has 0 fully saturated rings. The van der Waals surface area contributed by atoms with Gasteiger partial charge in [-0.15, -0.1) is 0 Å². The highest BCUT2D eigenvalue weighted by molar-refractivity contribution is 7.22. The van der Waals surface area contributed by atoms with Gasteiger partial charge in [0.25, 0.3) is 5.56 Å². The number of aryl methyl sites for hydroxylation is 1. The van der Waals surface area contributed by atoms with E-state index in [-0.39, 0.29) is 24.4 Å². The molecule has 0 aliphatic carbocycles. The summed E-state index contributed by atoms with van der Waals surface area (Å²) in [5.41, 5.74) is 1.42. The molecule has 0 bridgehead atoms. The summed E-state index contributed by atoms with van der Waals surface area (Å²) in [5.74, 6) is -0.0587. The van der Waals surface area contributed by atoms with E-state index in [0.717, 1.165) is 10.2 Å². The smallest absolute Gasteiger partial charge is 0.261 e. The fraction of sp³-hybridized carbons (Fsp3) is 0.200. The first-order valence-corrected chi connectivity index (χ1v) is 9.59. The molecule has 2 heterocycles. The van der Waals surface area contributed by atoms with Crippen LogP contribution in [0.5, 0.6) is 0 Å². The van der Waals surface area contributed by atoms with E-state index < -0.39 is 0 Å². The summed E-state index contributed by atoms with van der Waals surface area (Å²) in [4.78, 5) is 35.8. The van der Waals surface area contributed by atoms with Gasteiger partial charge in [-0.3, -0.25) is 19.1 Å². The predicted octanol–water partition coefficient (Wildman–Crippen LogP) is 3.45. The van der Waals surface area contributed by atoms with Gasteiger partial charge in [-0.2, -0.15) is 0 Å². The van der Waals surface area contributed by atoms with E-state index in [2.05, 4.69) is 9.97 Å². The lowest BCUT2D eigenvalue weighted by atomic mass is 10.2. The molecule has 1 amide bonds. The Morgan fingerprint density at radius 1 is 1.11 bits per heavy atom. The van der Waals surface area contributed by atoms with Gasteiger partial charge in [0, 0.05) is 19.5 Å². The summed E-state index contributed by atoms with van der Waals surface area (Å²) in [6, 6.07) is 15.0. The number of hydrogen-bond acceptors (Lipinski definition) is 5. The van der Waals surface area contributed by atoms with Crippen LogP contribution < -0.4 is 10.5 Å². The minimum atomic E-state index is -0.128. The van der Waals surface area contributed by atoms with Gasteiger partial charge in [0.15, 0.2) is 5.13 Å². The molecule has 7 heteroatoms. The molecule has 4 aromatic rings. The number of hydrogen-bond donors (Lipinski definition) is 0. The fourth-order valence-electron chi connectivity index (χ4n) is 3.01. The summed E-state index contributed by atoms with van der Waals surface area (Å²) >= 11 is 1.50. The first-order valence-electron chi connectivity index (χ1n) is 8.77. The Hall–Kier alpha value is -3.06. The molecule has 0 spiro atoms. The molecule has 0 N–H and O–H groups in total. The Kier molecular flexibility index (Phi) is 4.68. The lowest BCUT2D eigenvalue weighted by Crippen LogP contribution is -2.32. The third-order valence-corrected chi connectivity index (χ3v) is 5.49. The molecule has 2 aromatic heterocycles. The van der Waals surface area contributed by atoms with Gasteiger partial charge in [-0.25, -0.2) is 9.97 Å². The number of aromatic nitrogens is 3. The van der Waals surface area contributed by atoms with Crippen LogP contribution in [0, 0.1) is 0 Å². The van der Waals surface area contributed by atoms with Crippen molar-refractivity contribution in [3.63, 3.8) is 0 Å². The second-order valence-corrected chi connectivity index (χ2v) is 7.12. The van der Waals surface area contributed by atoms with Crippen LogP contribution in [-0.2, 0) is 11.3 Å². The van der Waals surface area contributed by atoms with Gasteiger partial charge in [-0.05, 0) is 31.2 Å². The fourth-order valence-corrected chi connectivity index (χ4v) is 4.06. The minimum Gasteiger partial charge on any atom is -0.298 e. The summed E-state index contributed by atoms with van der Waals surface area (Å²) in [7, 11) is 0. The van der Waals surface area contributed by atoms with Gasteiger partial charge < -0.3 is 0 Å². The van der Waals surface area contributed by atoms with Crippen LogP contribution in [0.4, 0.5) is 5.13 Å².